The molecule has 0 aromatic heterocycles. The Morgan fingerprint density at radius 1 is 1.42 bits per heavy atom. The molecule has 1 rings (SSSR count). The molecule has 1 amide bonds. The van der Waals surface area contributed by atoms with Gasteiger partial charge in [0, 0.05) is 17.7 Å². The van der Waals surface area contributed by atoms with Crippen molar-refractivity contribution in [2.24, 2.45) is 5.41 Å². The number of amides is 1. The molecule has 1 fully saturated rings. The van der Waals surface area contributed by atoms with Gasteiger partial charge in [-0.3, -0.25) is 4.79 Å². The van der Waals surface area contributed by atoms with Crippen LogP contribution in [0.4, 0.5) is 0 Å². The first-order valence-corrected chi connectivity index (χ1v) is 6.08. The molecular formula is C12H20N2O5. The van der Waals surface area contributed by atoms with Gasteiger partial charge in [-0.05, 0) is 33.0 Å². The Hall–Kier alpha value is -1.44. The molecule has 7 nitrogen and oxygen atoms in total. The lowest BCUT2D eigenvalue weighted by atomic mass is 9.74. The number of carboxylic acids is 1. The van der Waals surface area contributed by atoms with Crippen LogP contribution in [0.2, 0.25) is 0 Å². The van der Waals surface area contributed by atoms with E-state index in [4.69, 9.17) is 5.11 Å². The highest BCUT2D eigenvalue weighted by molar-refractivity contribution is 5.84. The fourth-order valence-corrected chi connectivity index (χ4v) is 2.13. The molecule has 1 saturated heterocycles. The largest absolute Gasteiger partial charge is 0.478 e. The molecule has 1 aliphatic heterocycles. The van der Waals surface area contributed by atoms with Crippen LogP contribution in [0.3, 0.4) is 0 Å². The second-order valence-corrected chi connectivity index (χ2v) is 4.91. The Labute approximate surface area is 111 Å². The van der Waals surface area contributed by atoms with Gasteiger partial charge < -0.3 is 25.5 Å². The lowest BCUT2D eigenvalue weighted by Gasteiger charge is -2.41. The minimum absolute atomic E-state index is 0.280. The predicted octanol–water partition coefficient (Wildman–Crippen LogP) is -1.23. The Kier molecular flexibility index (Phi) is 5.46. The molecule has 0 spiro atoms. The van der Waals surface area contributed by atoms with E-state index in [2.05, 4.69) is 10.2 Å². The quantitative estimate of drug-likeness (QED) is 0.466. The number of carbonyl (C=O) groups is 2. The predicted molar refractivity (Wildman–Crippen MR) is 67.2 cm³/mol. The van der Waals surface area contributed by atoms with E-state index in [0.29, 0.717) is 25.9 Å². The molecule has 0 aromatic carbocycles. The van der Waals surface area contributed by atoms with E-state index in [1.165, 1.54) is 0 Å². The molecule has 0 unspecified atom stereocenters. The van der Waals surface area contributed by atoms with E-state index >= 15 is 0 Å². The maximum atomic E-state index is 11.7. The summed E-state index contributed by atoms with van der Waals surface area (Å²) >= 11 is 0. The average molecular weight is 272 g/mol. The molecule has 1 aliphatic rings. The normalized spacial score (nSPS) is 21.2. The molecule has 0 bridgehead atoms. The Bertz CT molecular complexity index is 361. The van der Waals surface area contributed by atoms with E-state index in [-0.39, 0.29) is 6.61 Å². The number of carbonyl (C=O) groups excluding carboxylic acids is 1. The third-order valence-corrected chi connectivity index (χ3v) is 3.58. The van der Waals surface area contributed by atoms with E-state index in [0.717, 1.165) is 12.3 Å². The minimum atomic E-state index is -1.36. The summed E-state index contributed by atoms with van der Waals surface area (Å²) in [4.78, 5) is 24.1. The number of likely N-dealkylation sites (tertiary alicyclic amines) is 1. The van der Waals surface area contributed by atoms with E-state index in [9.17, 15) is 19.8 Å². The SMILES string of the molecule is CN1CCC(CO)([C@H](O)C(=O)N/C=C/C(=O)O)CC1. The van der Waals surface area contributed by atoms with Crippen LogP contribution >= 0.6 is 0 Å². The summed E-state index contributed by atoms with van der Waals surface area (Å²) in [5.74, 6) is -1.89. The van der Waals surface area contributed by atoms with Crippen molar-refractivity contribution in [2.45, 2.75) is 18.9 Å². The van der Waals surface area contributed by atoms with Gasteiger partial charge in [-0.2, -0.15) is 0 Å². The number of aliphatic carboxylic acids is 1. The molecule has 1 atom stereocenters. The monoisotopic (exact) mass is 272 g/mol. The second-order valence-electron chi connectivity index (χ2n) is 4.91. The molecule has 7 heteroatoms. The van der Waals surface area contributed by atoms with Crippen LogP contribution in [-0.2, 0) is 9.59 Å². The molecule has 4 N–H and O–H groups in total. The summed E-state index contributed by atoms with van der Waals surface area (Å²) in [6.45, 7) is 1.10. The van der Waals surface area contributed by atoms with Gasteiger partial charge in [-0.1, -0.05) is 0 Å². The summed E-state index contributed by atoms with van der Waals surface area (Å²) in [6, 6.07) is 0. The van der Waals surface area contributed by atoms with Crippen molar-refractivity contribution in [2.75, 3.05) is 26.7 Å². The molecule has 0 aromatic rings. The topological polar surface area (TPSA) is 110 Å². The first kappa shape index (κ1) is 15.6. The van der Waals surface area contributed by atoms with E-state index < -0.39 is 23.4 Å². The Morgan fingerprint density at radius 2 is 2.00 bits per heavy atom. The summed E-state index contributed by atoms with van der Waals surface area (Å²) in [7, 11) is 1.93. The fourth-order valence-electron chi connectivity index (χ4n) is 2.13. The number of aliphatic hydroxyl groups excluding tert-OH is 2. The average Bonchev–Trinajstić information content (AvgIpc) is 2.38. The number of nitrogens with zero attached hydrogens (tertiary/aromatic N) is 1. The number of aliphatic hydroxyl groups is 2. The lowest BCUT2D eigenvalue weighted by molar-refractivity contribution is -0.141. The summed E-state index contributed by atoms with van der Waals surface area (Å²) < 4.78 is 0. The number of hydrogen-bond donors (Lipinski definition) is 4. The smallest absolute Gasteiger partial charge is 0.329 e. The number of hydrogen-bond acceptors (Lipinski definition) is 5. The highest BCUT2D eigenvalue weighted by Crippen LogP contribution is 2.34. The maximum absolute atomic E-state index is 11.7. The fraction of sp³-hybridized carbons (Fsp3) is 0.667. The Balaban J connectivity index is 2.65. The standard InChI is InChI=1S/C12H20N2O5/c1-14-6-3-12(8-15,4-7-14)10(18)11(19)13-5-2-9(16)17/h2,5,10,15,18H,3-4,6-8H2,1H3,(H,13,19)(H,16,17)/b5-2+/t10-/m1/s1. The van der Waals surface area contributed by atoms with Crippen LogP contribution in [0.1, 0.15) is 12.8 Å². The van der Waals surface area contributed by atoms with Gasteiger partial charge >= 0.3 is 5.97 Å². The molecule has 0 radical (unpaired) electrons. The first-order chi connectivity index (χ1) is 8.91. The zero-order valence-electron chi connectivity index (χ0n) is 10.9. The van der Waals surface area contributed by atoms with Crippen LogP contribution < -0.4 is 5.32 Å². The van der Waals surface area contributed by atoms with Crippen LogP contribution in [-0.4, -0.2) is 64.9 Å². The molecule has 0 saturated carbocycles. The van der Waals surface area contributed by atoms with Crippen molar-refractivity contribution in [1.82, 2.24) is 10.2 Å². The van der Waals surface area contributed by atoms with Gasteiger partial charge in [0.05, 0.1) is 6.61 Å². The second kappa shape index (κ2) is 6.65. The van der Waals surface area contributed by atoms with Crippen LogP contribution in [0.5, 0.6) is 0 Å². The molecule has 0 aliphatic carbocycles. The summed E-state index contributed by atoms with van der Waals surface area (Å²) in [5, 5.41) is 30.2. The number of rotatable bonds is 5. The van der Waals surface area contributed by atoms with Crippen molar-refractivity contribution in [3.8, 4) is 0 Å². The van der Waals surface area contributed by atoms with Crippen LogP contribution in [0.15, 0.2) is 12.3 Å². The number of piperidine rings is 1. The van der Waals surface area contributed by atoms with Crippen molar-refractivity contribution in [3.05, 3.63) is 12.3 Å². The van der Waals surface area contributed by atoms with E-state index in [1.54, 1.807) is 0 Å². The van der Waals surface area contributed by atoms with Gasteiger partial charge in [0.1, 0.15) is 6.10 Å². The third-order valence-electron chi connectivity index (χ3n) is 3.58. The highest BCUT2D eigenvalue weighted by atomic mass is 16.4. The Morgan fingerprint density at radius 3 is 2.47 bits per heavy atom. The zero-order chi connectivity index (χ0) is 14.5. The molecular weight excluding hydrogens is 252 g/mol. The molecule has 108 valence electrons. The van der Waals surface area contributed by atoms with Gasteiger partial charge in [0.15, 0.2) is 0 Å². The highest BCUT2D eigenvalue weighted by Gasteiger charge is 2.43. The van der Waals surface area contributed by atoms with Gasteiger partial charge in [-0.15, -0.1) is 0 Å². The number of carboxylic acid groups (broad SMARTS) is 1. The van der Waals surface area contributed by atoms with Crippen LogP contribution in [0.25, 0.3) is 0 Å². The minimum Gasteiger partial charge on any atom is -0.478 e. The van der Waals surface area contributed by atoms with E-state index in [1.807, 2.05) is 7.05 Å². The van der Waals surface area contributed by atoms with Gasteiger partial charge in [-0.25, -0.2) is 4.79 Å². The summed E-state index contributed by atoms with van der Waals surface area (Å²) in [6.07, 6.45) is 1.40. The van der Waals surface area contributed by atoms with Crippen molar-refractivity contribution in [1.29, 1.82) is 0 Å². The molecule has 1 heterocycles. The van der Waals surface area contributed by atoms with Gasteiger partial charge in [0.2, 0.25) is 0 Å². The van der Waals surface area contributed by atoms with Gasteiger partial charge in [0.25, 0.3) is 5.91 Å². The first-order valence-electron chi connectivity index (χ1n) is 6.08. The zero-order valence-corrected chi connectivity index (χ0v) is 10.9. The van der Waals surface area contributed by atoms with Crippen molar-refractivity contribution >= 4 is 11.9 Å². The third kappa shape index (κ3) is 4.02. The molecule has 19 heavy (non-hydrogen) atoms. The van der Waals surface area contributed by atoms with Crippen molar-refractivity contribution in [3.63, 3.8) is 0 Å². The number of nitrogens with one attached hydrogen (secondary N) is 1. The lowest BCUT2D eigenvalue weighted by Crippen LogP contribution is -2.52. The van der Waals surface area contributed by atoms with Crippen LogP contribution in [0, 0.1) is 5.41 Å². The summed E-state index contributed by atoms with van der Waals surface area (Å²) in [5.41, 5.74) is -0.854. The van der Waals surface area contributed by atoms with Crippen molar-refractivity contribution < 1.29 is 24.9 Å². The maximum Gasteiger partial charge on any atom is 0.329 e.